The molecule has 2 aromatic carbocycles. The van der Waals surface area contributed by atoms with Gasteiger partial charge in [0.05, 0.1) is 19.4 Å². The van der Waals surface area contributed by atoms with Crippen LogP contribution in [-0.4, -0.2) is 25.3 Å². The highest BCUT2D eigenvalue weighted by Crippen LogP contribution is 2.21. The van der Waals surface area contributed by atoms with Crippen LogP contribution in [0.3, 0.4) is 0 Å². The topological polar surface area (TPSA) is 59.9 Å². The van der Waals surface area contributed by atoms with E-state index in [0.717, 1.165) is 29.0 Å². The first-order valence-corrected chi connectivity index (χ1v) is 9.40. The van der Waals surface area contributed by atoms with Gasteiger partial charge in [-0.2, -0.15) is 5.10 Å². The zero-order chi connectivity index (χ0) is 19.5. The van der Waals surface area contributed by atoms with Crippen molar-refractivity contribution in [3.63, 3.8) is 0 Å². The van der Waals surface area contributed by atoms with Crippen molar-refractivity contribution in [2.45, 2.75) is 33.1 Å². The van der Waals surface area contributed by atoms with E-state index in [0.29, 0.717) is 31.1 Å². The third-order valence-electron chi connectivity index (χ3n) is 3.70. The summed E-state index contributed by atoms with van der Waals surface area (Å²) in [7, 11) is 0. The van der Waals surface area contributed by atoms with E-state index in [9.17, 15) is 4.79 Å². The first kappa shape index (κ1) is 20.8. The van der Waals surface area contributed by atoms with E-state index in [-0.39, 0.29) is 5.91 Å². The maximum atomic E-state index is 11.8. The first-order valence-electron chi connectivity index (χ1n) is 9.02. The van der Waals surface area contributed by atoms with Crippen LogP contribution in [0.4, 0.5) is 0 Å². The lowest BCUT2D eigenvalue weighted by Gasteiger charge is -2.08. The minimum absolute atomic E-state index is 0.148. The molecule has 0 spiro atoms. The van der Waals surface area contributed by atoms with E-state index >= 15 is 0 Å². The summed E-state index contributed by atoms with van der Waals surface area (Å²) in [6.45, 7) is 5.16. The maximum Gasteiger partial charge on any atom is 0.240 e. The number of nitrogens with one attached hydrogen (secondary N) is 1. The molecule has 0 unspecified atom stereocenters. The van der Waals surface area contributed by atoms with Gasteiger partial charge in [0.25, 0.3) is 0 Å². The molecule has 2 aromatic rings. The monoisotopic (exact) mass is 388 g/mol. The van der Waals surface area contributed by atoms with Gasteiger partial charge in [0.1, 0.15) is 11.5 Å². The minimum Gasteiger partial charge on any atom is -0.494 e. The Balaban J connectivity index is 1.66. The number of carbonyl (C=O) groups is 1. The van der Waals surface area contributed by atoms with Crippen LogP contribution in [0, 0.1) is 6.92 Å². The highest BCUT2D eigenvalue weighted by atomic mass is 35.5. The van der Waals surface area contributed by atoms with Crippen molar-refractivity contribution in [2.75, 3.05) is 13.2 Å². The largest absolute Gasteiger partial charge is 0.494 e. The Hall–Kier alpha value is -2.53. The maximum absolute atomic E-state index is 11.8. The predicted molar refractivity (Wildman–Crippen MR) is 109 cm³/mol. The fourth-order valence-electron chi connectivity index (χ4n) is 2.29. The lowest BCUT2D eigenvalue weighted by atomic mass is 10.2. The van der Waals surface area contributed by atoms with Crippen molar-refractivity contribution in [2.24, 2.45) is 5.10 Å². The fraction of sp³-hybridized carbons (Fsp3) is 0.333. The summed E-state index contributed by atoms with van der Waals surface area (Å²) in [5.74, 6) is 1.46. The molecule has 0 aliphatic rings. The highest BCUT2D eigenvalue weighted by Gasteiger charge is 2.03. The second-order valence-corrected chi connectivity index (χ2v) is 6.51. The van der Waals surface area contributed by atoms with E-state index in [1.165, 1.54) is 0 Å². The van der Waals surface area contributed by atoms with E-state index < -0.39 is 0 Å². The number of hydrogen-bond donors (Lipinski definition) is 1. The summed E-state index contributed by atoms with van der Waals surface area (Å²) in [6.07, 6.45) is 3.52. The lowest BCUT2D eigenvalue weighted by molar-refractivity contribution is -0.121. The Kier molecular flexibility index (Phi) is 8.65. The van der Waals surface area contributed by atoms with Gasteiger partial charge in [-0.3, -0.25) is 4.79 Å². The molecule has 5 nitrogen and oxygen atoms in total. The number of hydrogen-bond acceptors (Lipinski definition) is 4. The van der Waals surface area contributed by atoms with E-state index in [4.69, 9.17) is 21.1 Å². The number of benzene rings is 2. The van der Waals surface area contributed by atoms with Crippen LogP contribution in [-0.2, 0) is 4.79 Å². The van der Waals surface area contributed by atoms with Crippen LogP contribution >= 0.6 is 11.6 Å². The van der Waals surface area contributed by atoms with Gasteiger partial charge < -0.3 is 9.47 Å². The molecule has 144 valence electrons. The third-order valence-corrected chi connectivity index (χ3v) is 3.93. The summed E-state index contributed by atoms with van der Waals surface area (Å²) >= 11 is 5.91. The number of rotatable bonds is 10. The van der Waals surface area contributed by atoms with Crippen LogP contribution in [0.5, 0.6) is 11.5 Å². The summed E-state index contributed by atoms with van der Waals surface area (Å²) < 4.78 is 11.2. The van der Waals surface area contributed by atoms with E-state index in [1.54, 1.807) is 12.3 Å². The number of carbonyl (C=O) groups excluding carboxylic acids is 1. The molecule has 6 heteroatoms. The Labute approximate surface area is 165 Å². The third kappa shape index (κ3) is 7.71. The standard InChI is InChI=1S/C21H25ClN2O3/c1-3-12-26-19-9-6-17(7-10-19)15-23-24-21(25)5-4-13-27-20-11-8-18(22)14-16(20)2/h6-11,14-15H,3-5,12-13H2,1-2H3,(H,24,25)/b23-15+. The van der Waals surface area contributed by atoms with Crippen molar-refractivity contribution >= 4 is 23.7 Å². The van der Waals surface area contributed by atoms with Gasteiger partial charge >= 0.3 is 0 Å². The molecule has 2 rings (SSSR count). The Morgan fingerprint density at radius 3 is 2.63 bits per heavy atom. The van der Waals surface area contributed by atoms with Gasteiger partial charge in [0.2, 0.25) is 5.91 Å². The minimum atomic E-state index is -0.148. The molecule has 1 amide bonds. The smallest absolute Gasteiger partial charge is 0.240 e. The predicted octanol–water partition coefficient (Wildman–Crippen LogP) is 4.75. The number of hydrazone groups is 1. The zero-order valence-electron chi connectivity index (χ0n) is 15.7. The number of halogens is 1. The lowest BCUT2D eigenvalue weighted by Crippen LogP contribution is -2.18. The van der Waals surface area contributed by atoms with Crippen LogP contribution in [0.15, 0.2) is 47.6 Å². The second kappa shape index (κ2) is 11.2. The van der Waals surface area contributed by atoms with Crippen molar-refractivity contribution in [3.05, 3.63) is 58.6 Å². The van der Waals surface area contributed by atoms with Crippen LogP contribution in [0.1, 0.15) is 37.3 Å². The molecule has 0 atom stereocenters. The molecule has 0 aliphatic carbocycles. The van der Waals surface area contributed by atoms with Gasteiger partial charge in [0, 0.05) is 11.4 Å². The molecular formula is C21H25ClN2O3. The van der Waals surface area contributed by atoms with Crippen molar-refractivity contribution in [1.29, 1.82) is 0 Å². The van der Waals surface area contributed by atoms with Crippen LogP contribution in [0.2, 0.25) is 5.02 Å². The average Bonchev–Trinajstić information content (AvgIpc) is 2.66. The summed E-state index contributed by atoms with van der Waals surface area (Å²) in [6, 6.07) is 13.0. The number of nitrogens with zero attached hydrogens (tertiary/aromatic N) is 1. The molecule has 0 saturated carbocycles. The Morgan fingerprint density at radius 1 is 1.15 bits per heavy atom. The SMILES string of the molecule is CCCOc1ccc(/C=N/NC(=O)CCCOc2ccc(Cl)cc2C)cc1. The number of amides is 1. The van der Waals surface area contributed by atoms with Gasteiger partial charge in [-0.25, -0.2) is 5.43 Å². The summed E-state index contributed by atoms with van der Waals surface area (Å²) in [5, 5.41) is 4.65. The fourth-order valence-corrected chi connectivity index (χ4v) is 2.52. The molecule has 0 bridgehead atoms. The Bertz CT molecular complexity index is 761. The van der Waals surface area contributed by atoms with Gasteiger partial charge in [-0.1, -0.05) is 18.5 Å². The molecule has 0 fully saturated rings. The zero-order valence-corrected chi connectivity index (χ0v) is 16.5. The van der Waals surface area contributed by atoms with E-state index in [2.05, 4.69) is 17.5 Å². The quantitative estimate of drug-likeness (QED) is 0.363. The van der Waals surface area contributed by atoms with Crippen molar-refractivity contribution < 1.29 is 14.3 Å². The van der Waals surface area contributed by atoms with E-state index in [1.807, 2.05) is 43.3 Å². The van der Waals surface area contributed by atoms with Crippen LogP contribution in [0.25, 0.3) is 0 Å². The van der Waals surface area contributed by atoms with Crippen molar-refractivity contribution in [1.82, 2.24) is 5.43 Å². The van der Waals surface area contributed by atoms with Crippen LogP contribution < -0.4 is 14.9 Å². The molecule has 0 heterocycles. The summed E-state index contributed by atoms with van der Waals surface area (Å²) in [5.41, 5.74) is 4.39. The molecule has 0 saturated heterocycles. The van der Waals surface area contributed by atoms with Gasteiger partial charge in [-0.15, -0.1) is 0 Å². The average molecular weight is 389 g/mol. The Morgan fingerprint density at radius 2 is 1.93 bits per heavy atom. The molecular weight excluding hydrogens is 364 g/mol. The van der Waals surface area contributed by atoms with Gasteiger partial charge in [-0.05, 0) is 73.4 Å². The molecule has 0 aromatic heterocycles. The molecule has 0 aliphatic heterocycles. The van der Waals surface area contributed by atoms with Crippen molar-refractivity contribution in [3.8, 4) is 11.5 Å². The molecule has 0 radical (unpaired) electrons. The molecule has 1 N–H and O–H groups in total. The highest BCUT2D eigenvalue weighted by molar-refractivity contribution is 6.30. The number of aryl methyl sites for hydroxylation is 1. The molecule has 27 heavy (non-hydrogen) atoms. The first-order chi connectivity index (χ1) is 13.1. The summed E-state index contributed by atoms with van der Waals surface area (Å²) in [4.78, 5) is 11.8. The normalized spacial score (nSPS) is 10.8. The van der Waals surface area contributed by atoms with Gasteiger partial charge in [0.15, 0.2) is 0 Å². The second-order valence-electron chi connectivity index (χ2n) is 6.07. The number of ether oxygens (including phenoxy) is 2.